The van der Waals surface area contributed by atoms with Crippen LogP contribution in [0.1, 0.15) is 43.0 Å². The predicted molar refractivity (Wildman–Crippen MR) is 92.3 cm³/mol. The fraction of sp³-hybridized carbons (Fsp3) is 0.350. The first-order valence-corrected chi connectivity index (χ1v) is 7.70. The van der Waals surface area contributed by atoms with Crippen molar-refractivity contribution in [3.63, 3.8) is 0 Å². The number of ether oxygens (including phenoxy) is 2. The van der Waals surface area contributed by atoms with Crippen LogP contribution in [-0.2, 0) is 10.2 Å². The number of hydrogen-bond donors (Lipinski definition) is 0. The minimum atomic E-state index is -0.300. The largest absolute Gasteiger partial charge is 0.496 e. The second kappa shape index (κ2) is 6.45. The second-order valence-electron chi connectivity index (χ2n) is 6.38. The van der Waals surface area contributed by atoms with Crippen molar-refractivity contribution in [3.8, 4) is 11.5 Å². The summed E-state index contributed by atoms with van der Waals surface area (Å²) in [6, 6.07) is 12.2. The van der Waals surface area contributed by atoms with Gasteiger partial charge in [0.1, 0.15) is 11.5 Å². The van der Waals surface area contributed by atoms with Crippen molar-refractivity contribution in [2.24, 2.45) is 0 Å². The lowest BCUT2D eigenvalue weighted by Gasteiger charge is -2.27. The van der Waals surface area contributed by atoms with Gasteiger partial charge in [0.2, 0.25) is 0 Å². The van der Waals surface area contributed by atoms with E-state index in [9.17, 15) is 4.79 Å². The minimum Gasteiger partial charge on any atom is -0.496 e. The zero-order chi connectivity index (χ0) is 17.2. The van der Waals surface area contributed by atoms with Crippen molar-refractivity contribution >= 4 is 5.97 Å². The maximum atomic E-state index is 11.1. The summed E-state index contributed by atoms with van der Waals surface area (Å²) < 4.78 is 10.6. The number of carbonyl (C=O) groups excluding carboxylic acids is 1. The molecule has 2 aromatic carbocycles. The van der Waals surface area contributed by atoms with Crippen molar-refractivity contribution in [2.45, 2.75) is 40.0 Å². The molecule has 0 N–H and O–H groups in total. The SMILES string of the molecule is COc1ccc(C(C)(C)c2ccc(OC(C)=O)c(C)c2)cc1C. The van der Waals surface area contributed by atoms with Crippen molar-refractivity contribution in [2.75, 3.05) is 7.11 Å². The number of methoxy groups -OCH3 is 1. The van der Waals surface area contributed by atoms with Gasteiger partial charge in [-0.15, -0.1) is 0 Å². The van der Waals surface area contributed by atoms with Gasteiger partial charge in [-0.3, -0.25) is 4.79 Å². The normalized spacial score (nSPS) is 11.2. The molecular formula is C20H24O3. The highest BCUT2D eigenvalue weighted by molar-refractivity contribution is 5.69. The van der Waals surface area contributed by atoms with Crippen LogP contribution in [0.4, 0.5) is 0 Å². The molecule has 0 spiro atoms. The van der Waals surface area contributed by atoms with Gasteiger partial charge in [-0.25, -0.2) is 0 Å². The zero-order valence-electron chi connectivity index (χ0n) is 14.7. The standard InChI is InChI=1S/C20H24O3/c1-13-11-16(7-9-18(13)22-6)20(4,5)17-8-10-19(14(2)12-17)23-15(3)21/h7-12H,1-6H3. The molecule has 0 bridgehead atoms. The highest BCUT2D eigenvalue weighted by atomic mass is 16.5. The van der Waals surface area contributed by atoms with Gasteiger partial charge in [-0.2, -0.15) is 0 Å². The summed E-state index contributed by atoms with van der Waals surface area (Å²) in [6.07, 6.45) is 0. The van der Waals surface area contributed by atoms with E-state index < -0.39 is 0 Å². The lowest BCUT2D eigenvalue weighted by molar-refractivity contribution is -0.131. The Morgan fingerprint density at radius 1 is 0.913 bits per heavy atom. The third kappa shape index (κ3) is 3.55. The molecule has 0 unspecified atom stereocenters. The molecule has 0 saturated carbocycles. The molecule has 0 saturated heterocycles. The van der Waals surface area contributed by atoms with E-state index in [1.165, 1.54) is 18.1 Å². The third-order valence-corrected chi connectivity index (χ3v) is 4.27. The molecule has 3 nitrogen and oxygen atoms in total. The number of rotatable bonds is 4. The molecule has 122 valence electrons. The van der Waals surface area contributed by atoms with E-state index in [-0.39, 0.29) is 11.4 Å². The lowest BCUT2D eigenvalue weighted by Crippen LogP contribution is -2.19. The Balaban J connectivity index is 2.41. The summed E-state index contributed by atoms with van der Waals surface area (Å²) >= 11 is 0. The molecular weight excluding hydrogens is 288 g/mol. The predicted octanol–water partition coefficient (Wildman–Crippen LogP) is 4.56. The monoisotopic (exact) mass is 312 g/mol. The van der Waals surface area contributed by atoms with E-state index in [0.717, 1.165) is 16.9 Å². The third-order valence-electron chi connectivity index (χ3n) is 4.27. The van der Waals surface area contributed by atoms with Crippen LogP contribution in [-0.4, -0.2) is 13.1 Å². The van der Waals surface area contributed by atoms with Crippen LogP contribution in [0.5, 0.6) is 11.5 Å². The van der Waals surface area contributed by atoms with E-state index in [0.29, 0.717) is 5.75 Å². The van der Waals surface area contributed by atoms with Crippen molar-refractivity contribution in [1.82, 2.24) is 0 Å². The Hall–Kier alpha value is -2.29. The van der Waals surface area contributed by atoms with E-state index in [4.69, 9.17) is 9.47 Å². The van der Waals surface area contributed by atoms with Crippen LogP contribution < -0.4 is 9.47 Å². The van der Waals surface area contributed by atoms with Gasteiger partial charge in [0.05, 0.1) is 7.11 Å². The molecule has 0 aliphatic carbocycles. The molecule has 0 radical (unpaired) electrons. The highest BCUT2D eigenvalue weighted by Gasteiger charge is 2.24. The quantitative estimate of drug-likeness (QED) is 0.613. The van der Waals surface area contributed by atoms with Gasteiger partial charge in [0, 0.05) is 12.3 Å². The average molecular weight is 312 g/mol. The van der Waals surface area contributed by atoms with Gasteiger partial charge < -0.3 is 9.47 Å². The van der Waals surface area contributed by atoms with Crippen LogP contribution in [0.3, 0.4) is 0 Å². The Labute approximate surface area is 138 Å². The van der Waals surface area contributed by atoms with Gasteiger partial charge in [-0.1, -0.05) is 38.1 Å². The summed E-state index contributed by atoms with van der Waals surface area (Å²) in [5, 5.41) is 0. The van der Waals surface area contributed by atoms with E-state index >= 15 is 0 Å². The summed E-state index contributed by atoms with van der Waals surface area (Å²) in [4.78, 5) is 11.1. The molecule has 0 aromatic heterocycles. The number of aryl methyl sites for hydroxylation is 2. The van der Waals surface area contributed by atoms with Gasteiger partial charge in [0.15, 0.2) is 0 Å². The van der Waals surface area contributed by atoms with Gasteiger partial charge >= 0.3 is 5.97 Å². The first-order chi connectivity index (χ1) is 10.8. The van der Waals surface area contributed by atoms with Crippen LogP contribution in [0.15, 0.2) is 36.4 Å². The number of benzene rings is 2. The highest BCUT2D eigenvalue weighted by Crippen LogP contribution is 2.35. The maximum absolute atomic E-state index is 11.1. The van der Waals surface area contributed by atoms with Crippen LogP contribution in [0.2, 0.25) is 0 Å². The second-order valence-corrected chi connectivity index (χ2v) is 6.38. The fourth-order valence-corrected chi connectivity index (χ4v) is 2.74. The van der Waals surface area contributed by atoms with Crippen LogP contribution >= 0.6 is 0 Å². The Morgan fingerprint density at radius 3 is 1.78 bits per heavy atom. The summed E-state index contributed by atoms with van der Waals surface area (Å²) in [5.74, 6) is 1.21. The molecule has 0 heterocycles. The zero-order valence-corrected chi connectivity index (χ0v) is 14.7. The van der Waals surface area contributed by atoms with E-state index in [1.807, 2.05) is 32.0 Å². The Bertz CT molecular complexity index is 730. The number of carbonyl (C=O) groups is 1. The van der Waals surface area contributed by atoms with E-state index in [2.05, 4.69) is 32.0 Å². The molecule has 0 fully saturated rings. The Morgan fingerprint density at radius 2 is 1.39 bits per heavy atom. The first kappa shape index (κ1) is 17.1. The first-order valence-electron chi connectivity index (χ1n) is 7.70. The Kier molecular flexibility index (Phi) is 4.79. The topological polar surface area (TPSA) is 35.5 Å². The maximum Gasteiger partial charge on any atom is 0.308 e. The lowest BCUT2D eigenvalue weighted by atomic mass is 9.77. The van der Waals surface area contributed by atoms with Crippen molar-refractivity contribution in [1.29, 1.82) is 0 Å². The molecule has 23 heavy (non-hydrogen) atoms. The molecule has 0 amide bonds. The van der Waals surface area contributed by atoms with Crippen molar-refractivity contribution in [3.05, 3.63) is 58.7 Å². The minimum absolute atomic E-state index is 0.156. The fourth-order valence-electron chi connectivity index (χ4n) is 2.74. The molecule has 2 rings (SSSR count). The van der Waals surface area contributed by atoms with Gasteiger partial charge in [0.25, 0.3) is 0 Å². The molecule has 0 aliphatic rings. The number of hydrogen-bond acceptors (Lipinski definition) is 3. The summed E-state index contributed by atoms with van der Waals surface area (Å²) in [7, 11) is 1.68. The van der Waals surface area contributed by atoms with Crippen molar-refractivity contribution < 1.29 is 14.3 Å². The molecule has 3 heteroatoms. The summed E-state index contributed by atoms with van der Waals surface area (Å²) in [6.45, 7) is 9.80. The van der Waals surface area contributed by atoms with Crippen LogP contribution in [0, 0.1) is 13.8 Å². The van der Waals surface area contributed by atoms with Crippen LogP contribution in [0.25, 0.3) is 0 Å². The smallest absolute Gasteiger partial charge is 0.308 e. The molecule has 2 aromatic rings. The average Bonchev–Trinajstić information content (AvgIpc) is 2.48. The molecule has 0 atom stereocenters. The molecule has 0 aliphatic heterocycles. The van der Waals surface area contributed by atoms with E-state index in [1.54, 1.807) is 7.11 Å². The summed E-state index contributed by atoms with van der Waals surface area (Å²) in [5.41, 5.74) is 4.31. The number of esters is 1. The van der Waals surface area contributed by atoms with Gasteiger partial charge in [-0.05, 0) is 48.2 Å².